The molecular weight excluding hydrogens is 336 g/mol. The Kier molecular flexibility index (Phi) is 6.58. The van der Waals surface area contributed by atoms with Crippen molar-refractivity contribution < 1.29 is 23.9 Å². The second-order valence-corrected chi connectivity index (χ2v) is 6.67. The van der Waals surface area contributed by atoms with Gasteiger partial charge in [-0.2, -0.15) is 0 Å². The zero-order valence-electron chi connectivity index (χ0n) is 16.3. The number of hydrogen-bond acceptors (Lipinski definition) is 5. The average Bonchev–Trinajstić information content (AvgIpc) is 3.20. The maximum Gasteiger partial charge on any atom is 0.354 e. The van der Waals surface area contributed by atoms with Gasteiger partial charge in [-0.25, -0.2) is 4.79 Å². The van der Waals surface area contributed by atoms with Crippen molar-refractivity contribution in [2.75, 3.05) is 26.8 Å². The fraction of sp³-hybridized carbons (Fsp3) is 0.632. The molecule has 1 amide bonds. The van der Waals surface area contributed by atoms with Crippen molar-refractivity contribution in [1.29, 1.82) is 0 Å². The number of aromatic nitrogens is 1. The first kappa shape index (κ1) is 20.2. The first-order valence-corrected chi connectivity index (χ1v) is 8.98. The predicted octanol–water partition coefficient (Wildman–Crippen LogP) is 2.03. The van der Waals surface area contributed by atoms with Gasteiger partial charge in [0.1, 0.15) is 5.69 Å². The summed E-state index contributed by atoms with van der Waals surface area (Å²) in [5.41, 5.74) is 2.12. The van der Waals surface area contributed by atoms with Gasteiger partial charge in [-0.15, -0.1) is 0 Å². The van der Waals surface area contributed by atoms with Crippen molar-refractivity contribution in [2.24, 2.45) is 7.05 Å². The minimum Gasteiger partial charge on any atom is -0.464 e. The second-order valence-electron chi connectivity index (χ2n) is 6.67. The van der Waals surface area contributed by atoms with Crippen LogP contribution in [0.3, 0.4) is 0 Å². The van der Waals surface area contributed by atoms with Crippen LogP contribution in [-0.2, 0) is 21.3 Å². The number of nitrogens with zero attached hydrogens (tertiary/aromatic N) is 2. The van der Waals surface area contributed by atoms with Gasteiger partial charge in [-0.3, -0.25) is 9.59 Å². The van der Waals surface area contributed by atoms with Gasteiger partial charge in [-0.05, 0) is 32.3 Å². The molecule has 1 aliphatic heterocycles. The third-order valence-electron chi connectivity index (χ3n) is 5.03. The summed E-state index contributed by atoms with van der Waals surface area (Å²) in [6.07, 6.45) is 2.20. The Morgan fingerprint density at radius 1 is 1.31 bits per heavy atom. The van der Waals surface area contributed by atoms with E-state index in [-0.39, 0.29) is 24.3 Å². The maximum atomic E-state index is 13.0. The van der Waals surface area contributed by atoms with E-state index in [1.54, 1.807) is 37.3 Å². The highest BCUT2D eigenvalue weighted by atomic mass is 16.5. The van der Waals surface area contributed by atoms with Crippen LogP contribution >= 0.6 is 0 Å². The van der Waals surface area contributed by atoms with Gasteiger partial charge < -0.3 is 18.9 Å². The second kappa shape index (κ2) is 8.49. The highest BCUT2D eigenvalue weighted by Gasteiger charge is 2.28. The molecule has 0 aliphatic carbocycles. The van der Waals surface area contributed by atoms with Crippen molar-refractivity contribution in [1.82, 2.24) is 9.47 Å². The van der Waals surface area contributed by atoms with Crippen LogP contribution in [-0.4, -0.2) is 60.0 Å². The summed E-state index contributed by atoms with van der Waals surface area (Å²) < 4.78 is 12.1. The quantitative estimate of drug-likeness (QED) is 0.546. The van der Waals surface area contributed by atoms with Crippen molar-refractivity contribution in [3.05, 3.63) is 22.5 Å². The van der Waals surface area contributed by atoms with E-state index in [4.69, 9.17) is 9.47 Å². The number of esters is 1. The molecule has 0 aromatic carbocycles. The number of ether oxygens (including phenoxy) is 2. The summed E-state index contributed by atoms with van der Waals surface area (Å²) in [5.74, 6) is -0.730. The Morgan fingerprint density at radius 2 is 2.00 bits per heavy atom. The fourth-order valence-corrected chi connectivity index (χ4v) is 3.54. The molecule has 2 rings (SSSR count). The third kappa shape index (κ3) is 3.98. The van der Waals surface area contributed by atoms with Gasteiger partial charge in [0.2, 0.25) is 5.91 Å². The number of carbonyl (C=O) groups is 3. The van der Waals surface area contributed by atoms with Crippen molar-refractivity contribution in [3.63, 3.8) is 0 Å². The minimum atomic E-state index is -0.479. The molecule has 1 aromatic heterocycles. The van der Waals surface area contributed by atoms with Gasteiger partial charge in [-0.1, -0.05) is 6.92 Å². The van der Waals surface area contributed by atoms with E-state index in [0.29, 0.717) is 42.1 Å². The molecule has 7 heteroatoms. The zero-order chi connectivity index (χ0) is 19.4. The molecule has 26 heavy (non-hydrogen) atoms. The molecule has 2 heterocycles. The Labute approximate surface area is 154 Å². The van der Waals surface area contributed by atoms with E-state index in [1.807, 2.05) is 0 Å². The van der Waals surface area contributed by atoms with E-state index >= 15 is 0 Å². The molecule has 1 unspecified atom stereocenters. The first-order valence-electron chi connectivity index (χ1n) is 8.98. The van der Waals surface area contributed by atoms with Crippen LogP contribution in [0.5, 0.6) is 0 Å². The lowest BCUT2D eigenvalue weighted by atomic mass is 10.0. The minimum absolute atomic E-state index is 0.0121. The summed E-state index contributed by atoms with van der Waals surface area (Å²) in [5, 5.41) is 0. The number of amides is 1. The first-order chi connectivity index (χ1) is 12.3. The summed E-state index contributed by atoms with van der Waals surface area (Å²) in [6, 6.07) is 0. The molecule has 1 fully saturated rings. The standard InChI is InChI=1S/C19H28N2O5/c1-6-16(23)21(10-14-8-7-9-26-14)11-15(22)17-12(2)18(19(24)25-5)20(4)13(17)3/h14H,6-11H2,1-5H3. The lowest BCUT2D eigenvalue weighted by Crippen LogP contribution is -2.40. The Bertz CT molecular complexity index is 701. The molecular formula is C19H28N2O5. The van der Waals surface area contributed by atoms with Crippen molar-refractivity contribution >= 4 is 17.7 Å². The molecule has 0 N–H and O–H groups in total. The lowest BCUT2D eigenvalue weighted by Gasteiger charge is -2.24. The largest absolute Gasteiger partial charge is 0.464 e. The van der Waals surface area contributed by atoms with E-state index < -0.39 is 5.97 Å². The van der Waals surface area contributed by atoms with Crippen LogP contribution in [0.25, 0.3) is 0 Å². The number of methoxy groups -OCH3 is 1. The molecule has 7 nitrogen and oxygen atoms in total. The molecule has 1 aromatic rings. The van der Waals surface area contributed by atoms with Crippen LogP contribution in [0.4, 0.5) is 0 Å². The molecule has 144 valence electrons. The topological polar surface area (TPSA) is 77.8 Å². The van der Waals surface area contributed by atoms with Gasteiger partial charge in [0.25, 0.3) is 0 Å². The molecule has 1 aliphatic rings. The van der Waals surface area contributed by atoms with Crippen LogP contribution in [0.1, 0.15) is 58.3 Å². The van der Waals surface area contributed by atoms with E-state index in [0.717, 1.165) is 12.8 Å². The highest BCUT2D eigenvalue weighted by Crippen LogP contribution is 2.23. The zero-order valence-corrected chi connectivity index (χ0v) is 16.3. The SMILES string of the molecule is CCC(=O)N(CC(=O)c1c(C)c(C(=O)OC)n(C)c1C)CC1CCCO1. The summed E-state index contributed by atoms with van der Waals surface area (Å²) >= 11 is 0. The van der Waals surface area contributed by atoms with Crippen LogP contribution in [0.15, 0.2) is 0 Å². The van der Waals surface area contributed by atoms with Crippen LogP contribution in [0.2, 0.25) is 0 Å². The molecule has 0 radical (unpaired) electrons. The Balaban J connectivity index is 2.26. The number of hydrogen-bond donors (Lipinski definition) is 0. The van der Waals surface area contributed by atoms with Gasteiger partial charge in [0.05, 0.1) is 19.8 Å². The van der Waals surface area contributed by atoms with Gasteiger partial charge in [0.15, 0.2) is 5.78 Å². The number of ketones is 1. The smallest absolute Gasteiger partial charge is 0.354 e. The Morgan fingerprint density at radius 3 is 2.54 bits per heavy atom. The fourth-order valence-electron chi connectivity index (χ4n) is 3.54. The van der Waals surface area contributed by atoms with Gasteiger partial charge >= 0.3 is 5.97 Å². The number of rotatable bonds is 7. The number of Topliss-reactive ketones (excluding diaryl/α,β-unsaturated/α-hetero) is 1. The molecule has 1 saturated heterocycles. The summed E-state index contributed by atoms with van der Waals surface area (Å²) in [4.78, 5) is 38.9. The highest BCUT2D eigenvalue weighted by molar-refractivity contribution is 6.04. The average molecular weight is 364 g/mol. The summed E-state index contributed by atoms with van der Waals surface area (Å²) in [6.45, 7) is 6.42. The van der Waals surface area contributed by atoms with E-state index in [9.17, 15) is 14.4 Å². The van der Waals surface area contributed by atoms with E-state index in [2.05, 4.69) is 0 Å². The monoisotopic (exact) mass is 364 g/mol. The van der Waals surface area contributed by atoms with Crippen molar-refractivity contribution in [3.8, 4) is 0 Å². The molecule has 0 spiro atoms. The maximum absolute atomic E-state index is 13.0. The molecule has 0 bridgehead atoms. The van der Waals surface area contributed by atoms with Crippen LogP contribution in [0, 0.1) is 13.8 Å². The van der Waals surface area contributed by atoms with Crippen molar-refractivity contribution in [2.45, 2.75) is 46.1 Å². The normalized spacial score (nSPS) is 16.6. The van der Waals surface area contributed by atoms with Crippen LogP contribution < -0.4 is 0 Å². The molecule has 0 saturated carbocycles. The summed E-state index contributed by atoms with van der Waals surface area (Å²) in [7, 11) is 3.04. The predicted molar refractivity (Wildman–Crippen MR) is 96.4 cm³/mol. The van der Waals surface area contributed by atoms with E-state index in [1.165, 1.54) is 7.11 Å². The lowest BCUT2D eigenvalue weighted by molar-refractivity contribution is -0.131. The third-order valence-corrected chi connectivity index (χ3v) is 5.03. The van der Waals surface area contributed by atoms with Gasteiger partial charge in [0, 0.05) is 37.9 Å². The number of carbonyl (C=O) groups excluding carboxylic acids is 3. The molecule has 1 atom stereocenters. The Hall–Kier alpha value is -2.15.